The van der Waals surface area contributed by atoms with Crippen molar-refractivity contribution in [3.8, 4) is 0 Å². The highest BCUT2D eigenvalue weighted by molar-refractivity contribution is 9.10. The Kier molecular flexibility index (Phi) is 4.88. The van der Waals surface area contributed by atoms with Crippen LogP contribution in [0.15, 0.2) is 16.6 Å². The predicted molar refractivity (Wildman–Crippen MR) is 93.5 cm³/mol. The number of hydrogen-bond donors (Lipinski definition) is 1. The van der Waals surface area contributed by atoms with E-state index in [0.29, 0.717) is 0 Å². The van der Waals surface area contributed by atoms with Crippen LogP contribution in [0.1, 0.15) is 45.5 Å². The van der Waals surface area contributed by atoms with E-state index in [4.69, 9.17) is 11.6 Å². The molecule has 2 aromatic heterocycles. The van der Waals surface area contributed by atoms with Gasteiger partial charge in [0.2, 0.25) is 0 Å². The van der Waals surface area contributed by atoms with E-state index < -0.39 is 0 Å². The zero-order valence-electron chi connectivity index (χ0n) is 11.3. The van der Waals surface area contributed by atoms with Crippen LogP contribution in [0.25, 0.3) is 0 Å². The van der Waals surface area contributed by atoms with Crippen LogP contribution in [-0.2, 0) is 12.8 Å². The third kappa shape index (κ3) is 3.00. The first-order valence-corrected chi connectivity index (χ1v) is 9.73. The molecule has 0 aromatic carbocycles. The minimum absolute atomic E-state index is 0.265. The van der Waals surface area contributed by atoms with E-state index in [1.54, 1.807) is 21.8 Å². The minimum atomic E-state index is 0.265. The van der Waals surface area contributed by atoms with Gasteiger partial charge in [-0.25, -0.2) is 0 Å². The van der Waals surface area contributed by atoms with Crippen molar-refractivity contribution < 1.29 is 0 Å². The Balaban J connectivity index is 1.93. The maximum atomic E-state index is 6.19. The van der Waals surface area contributed by atoms with Gasteiger partial charge < -0.3 is 5.32 Å². The van der Waals surface area contributed by atoms with Crippen LogP contribution < -0.4 is 5.32 Å². The molecule has 1 aliphatic carbocycles. The molecule has 2 aromatic rings. The Morgan fingerprint density at radius 2 is 1.90 bits per heavy atom. The fourth-order valence-corrected chi connectivity index (χ4v) is 6.09. The van der Waals surface area contributed by atoms with E-state index in [2.05, 4.69) is 33.4 Å². The molecule has 0 spiro atoms. The Hall–Kier alpha value is 0.130. The van der Waals surface area contributed by atoms with Gasteiger partial charge in [0.05, 0.1) is 6.04 Å². The zero-order valence-corrected chi connectivity index (χ0v) is 15.3. The van der Waals surface area contributed by atoms with Crippen LogP contribution in [-0.4, -0.2) is 7.05 Å². The first-order valence-electron chi connectivity index (χ1n) is 6.92. The lowest BCUT2D eigenvalue weighted by molar-refractivity contribution is 0.705. The highest BCUT2D eigenvalue weighted by atomic mass is 79.9. The van der Waals surface area contributed by atoms with Gasteiger partial charge in [0.15, 0.2) is 0 Å². The molecule has 0 aliphatic heterocycles. The van der Waals surface area contributed by atoms with Gasteiger partial charge in [0, 0.05) is 19.1 Å². The third-order valence-electron chi connectivity index (χ3n) is 3.79. The quantitative estimate of drug-likeness (QED) is 0.653. The van der Waals surface area contributed by atoms with E-state index in [1.807, 2.05) is 18.4 Å². The van der Waals surface area contributed by atoms with Crippen molar-refractivity contribution in [3.05, 3.63) is 41.1 Å². The van der Waals surface area contributed by atoms with Crippen molar-refractivity contribution in [2.24, 2.45) is 0 Å². The molecule has 0 amide bonds. The monoisotopic (exact) mass is 389 g/mol. The molecule has 1 N–H and O–H groups in total. The molecule has 0 saturated heterocycles. The molecule has 20 heavy (non-hydrogen) atoms. The van der Waals surface area contributed by atoms with E-state index in [1.165, 1.54) is 41.9 Å². The van der Waals surface area contributed by atoms with Crippen molar-refractivity contribution in [2.45, 2.75) is 38.1 Å². The molecular formula is C15H17BrClNS2. The largest absolute Gasteiger partial charge is 0.308 e. The molecule has 0 saturated carbocycles. The van der Waals surface area contributed by atoms with Crippen LogP contribution in [0, 0.1) is 0 Å². The Bertz CT molecular complexity index is 562. The molecule has 0 radical (unpaired) electrons. The van der Waals surface area contributed by atoms with E-state index in [0.717, 1.165) is 8.81 Å². The average molecular weight is 391 g/mol. The van der Waals surface area contributed by atoms with Gasteiger partial charge in [0.1, 0.15) is 4.34 Å². The summed E-state index contributed by atoms with van der Waals surface area (Å²) >= 11 is 13.3. The molecule has 108 valence electrons. The van der Waals surface area contributed by atoms with Crippen molar-refractivity contribution in [1.29, 1.82) is 0 Å². The lowest BCUT2D eigenvalue weighted by Gasteiger charge is -2.12. The number of halogens is 2. The Morgan fingerprint density at radius 1 is 1.15 bits per heavy atom. The van der Waals surface area contributed by atoms with Gasteiger partial charge in [-0.15, -0.1) is 22.7 Å². The SMILES string of the molecule is CNC(c1cc(Br)c(Cl)s1)c1cc2c(s1)CCCCC2. The summed E-state index contributed by atoms with van der Waals surface area (Å²) in [6.45, 7) is 0. The summed E-state index contributed by atoms with van der Waals surface area (Å²) in [6.07, 6.45) is 6.56. The van der Waals surface area contributed by atoms with E-state index in [-0.39, 0.29) is 6.04 Å². The van der Waals surface area contributed by atoms with Gasteiger partial charge >= 0.3 is 0 Å². The molecule has 0 fully saturated rings. The van der Waals surface area contributed by atoms with Crippen LogP contribution in [0.4, 0.5) is 0 Å². The Morgan fingerprint density at radius 3 is 2.60 bits per heavy atom. The fraction of sp³-hybridized carbons (Fsp3) is 0.467. The van der Waals surface area contributed by atoms with Gasteiger partial charge in [-0.05, 0) is 66.4 Å². The number of hydrogen-bond acceptors (Lipinski definition) is 3. The standard InChI is InChI=1S/C15H17BrClNS2/c1-18-14(13-8-10(16)15(17)20-13)12-7-9-5-3-2-4-6-11(9)19-12/h7-8,14,18H,2-6H2,1H3. The van der Waals surface area contributed by atoms with Crippen molar-refractivity contribution in [3.63, 3.8) is 0 Å². The van der Waals surface area contributed by atoms with Crippen molar-refractivity contribution >= 4 is 50.2 Å². The highest BCUT2D eigenvalue weighted by Gasteiger charge is 2.21. The number of aryl methyl sites for hydroxylation is 2. The maximum Gasteiger partial charge on any atom is 0.107 e. The second kappa shape index (κ2) is 6.49. The number of rotatable bonds is 3. The zero-order chi connectivity index (χ0) is 14.1. The minimum Gasteiger partial charge on any atom is -0.308 e. The molecule has 1 nitrogen and oxygen atoms in total. The molecule has 1 unspecified atom stereocenters. The van der Waals surface area contributed by atoms with E-state index in [9.17, 15) is 0 Å². The number of fused-ring (bicyclic) bond motifs is 1. The molecule has 5 heteroatoms. The summed E-state index contributed by atoms with van der Waals surface area (Å²) in [7, 11) is 2.02. The lowest BCUT2D eigenvalue weighted by atomic mass is 10.1. The van der Waals surface area contributed by atoms with Gasteiger partial charge in [-0.2, -0.15) is 0 Å². The molecular weight excluding hydrogens is 374 g/mol. The van der Waals surface area contributed by atoms with Gasteiger partial charge in [-0.3, -0.25) is 0 Å². The average Bonchev–Trinajstić information content (AvgIpc) is 2.88. The predicted octanol–water partition coefficient (Wildman–Crippen LogP) is 5.80. The fourth-order valence-electron chi connectivity index (χ4n) is 2.76. The molecule has 0 bridgehead atoms. The summed E-state index contributed by atoms with van der Waals surface area (Å²) in [5.41, 5.74) is 1.57. The number of thiophene rings is 2. The van der Waals surface area contributed by atoms with Crippen LogP contribution in [0.3, 0.4) is 0 Å². The van der Waals surface area contributed by atoms with Crippen molar-refractivity contribution in [1.82, 2.24) is 5.32 Å². The molecule has 2 heterocycles. The summed E-state index contributed by atoms with van der Waals surface area (Å²) in [6, 6.07) is 4.81. The Labute approximate surface area is 141 Å². The smallest absolute Gasteiger partial charge is 0.107 e. The number of nitrogens with one attached hydrogen (secondary N) is 1. The van der Waals surface area contributed by atoms with Crippen LogP contribution >= 0.6 is 50.2 Å². The van der Waals surface area contributed by atoms with Gasteiger partial charge in [0.25, 0.3) is 0 Å². The maximum absolute atomic E-state index is 6.19. The second-order valence-electron chi connectivity index (χ2n) is 5.15. The second-order valence-corrected chi connectivity index (χ2v) is 8.86. The third-order valence-corrected chi connectivity index (χ3v) is 7.63. The van der Waals surface area contributed by atoms with E-state index >= 15 is 0 Å². The summed E-state index contributed by atoms with van der Waals surface area (Å²) < 4.78 is 1.83. The van der Waals surface area contributed by atoms with Crippen molar-refractivity contribution in [2.75, 3.05) is 7.05 Å². The molecule has 1 atom stereocenters. The summed E-state index contributed by atoms with van der Waals surface area (Å²) in [4.78, 5) is 4.30. The normalized spacial score (nSPS) is 16.8. The first kappa shape index (κ1) is 15.0. The molecule has 3 rings (SSSR count). The van der Waals surface area contributed by atoms with Gasteiger partial charge in [-0.1, -0.05) is 18.0 Å². The first-order chi connectivity index (χ1) is 9.69. The topological polar surface area (TPSA) is 12.0 Å². The highest BCUT2D eigenvalue weighted by Crippen LogP contribution is 2.40. The molecule has 1 aliphatic rings. The summed E-state index contributed by atoms with van der Waals surface area (Å²) in [5.74, 6) is 0. The lowest BCUT2D eigenvalue weighted by Crippen LogP contribution is -2.15. The van der Waals surface area contributed by atoms with Crippen LogP contribution in [0.2, 0.25) is 4.34 Å². The van der Waals surface area contributed by atoms with Crippen LogP contribution in [0.5, 0.6) is 0 Å². The summed E-state index contributed by atoms with van der Waals surface area (Å²) in [5, 5.41) is 3.44.